The molecular weight excluding hydrogens is 260 g/mol. The van der Waals surface area contributed by atoms with Crippen LogP contribution in [0.2, 0.25) is 0 Å². The third-order valence-corrected chi connectivity index (χ3v) is 4.04. The van der Waals surface area contributed by atoms with Gasteiger partial charge in [0.1, 0.15) is 10.8 Å². The summed E-state index contributed by atoms with van der Waals surface area (Å²) in [7, 11) is 0. The summed E-state index contributed by atoms with van der Waals surface area (Å²) in [6.07, 6.45) is 1.72. The van der Waals surface area contributed by atoms with Crippen LogP contribution in [0.4, 0.5) is 0 Å². The van der Waals surface area contributed by atoms with Gasteiger partial charge in [-0.05, 0) is 32.9 Å². The summed E-state index contributed by atoms with van der Waals surface area (Å²) >= 11 is 1.50. The number of aromatic nitrogens is 1. The zero-order valence-electron chi connectivity index (χ0n) is 11.1. The van der Waals surface area contributed by atoms with Gasteiger partial charge >= 0.3 is 0 Å². The van der Waals surface area contributed by atoms with Gasteiger partial charge < -0.3 is 10.4 Å². The summed E-state index contributed by atoms with van der Waals surface area (Å²) in [5.74, 6) is -0.0895. The fourth-order valence-corrected chi connectivity index (χ4v) is 2.52. The first-order valence-corrected chi connectivity index (χ1v) is 6.81. The van der Waals surface area contributed by atoms with Crippen LogP contribution in [0.25, 0.3) is 0 Å². The predicted octanol–water partition coefficient (Wildman–Crippen LogP) is 2.82. The van der Waals surface area contributed by atoms with E-state index in [9.17, 15) is 9.90 Å². The van der Waals surface area contributed by atoms with Gasteiger partial charge in [0.2, 0.25) is 0 Å². The Morgan fingerprint density at radius 3 is 2.79 bits per heavy atom. The van der Waals surface area contributed by atoms with Crippen molar-refractivity contribution >= 4 is 17.2 Å². The number of benzene rings is 1. The molecule has 0 aliphatic rings. The zero-order valence-corrected chi connectivity index (χ0v) is 11.9. The number of phenols is 1. The number of phenolic OH excluding ortho intramolecular Hbond substituents is 1. The van der Waals surface area contributed by atoms with Crippen LogP contribution in [0.3, 0.4) is 0 Å². The number of carbonyl (C=O) groups is 1. The monoisotopic (exact) mass is 276 g/mol. The molecule has 100 valence electrons. The number of nitrogens with one attached hydrogen (secondary N) is 1. The summed E-state index contributed by atoms with van der Waals surface area (Å²) in [4.78, 5) is 16.5. The second kappa shape index (κ2) is 5.01. The van der Waals surface area contributed by atoms with E-state index >= 15 is 0 Å². The molecule has 0 radical (unpaired) electrons. The van der Waals surface area contributed by atoms with Crippen molar-refractivity contribution in [2.75, 3.05) is 0 Å². The highest BCUT2D eigenvalue weighted by Crippen LogP contribution is 2.24. The van der Waals surface area contributed by atoms with E-state index in [1.165, 1.54) is 11.3 Å². The molecule has 0 fully saturated rings. The zero-order chi connectivity index (χ0) is 14.0. The third kappa shape index (κ3) is 2.76. The van der Waals surface area contributed by atoms with Crippen molar-refractivity contribution in [2.24, 2.45) is 0 Å². The Bertz CT molecular complexity index is 591. The number of thiazole rings is 1. The Kier molecular flexibility index (Phi) is 3.57. The molecule has 0 atom stereocenters. The van der Waals surface area contributed by atoms with Crippen molar-refractivity contribution in [1.29, 1.82) is 0 Å². The minimum Gasteiger partial charge on any atom is -0.508 e. The number of hydrogen-bond acceptors (Lipinski definition) is 4. The summed E-state index contributed by atoms with van der Waals surface area (Å²) in [5, 5.41) is 15.3. The van der Waals surface area contributed by atoms with E-state index in [1.807, 2.05) is 19.2 Å². The van der Waals surface area contributed by atoms with Crippen LogP contribution in [0.15, 0.2) is 29.8 Å². The molecule has 5 heteroatoms. The van der Waals surface area contributed by atoms with Crippen molar-refractivity contribution in [3.05, 3.63) is 45.9 Å². The first-order chi connectivity index (χ1) is 8.92. The quantitative estimate of drug-likeness (QED) is 0.906. The van der Waals surface area contributed by atoms with Crippen LogP contribution in [-0.4, -0.2) is 16.0 Å². The minimum absolute atomic E-state index is 0.125. The number of carbonyl (C=O) groups excluding carboxylic acids is 1. The lowest BCUT2D eigenvalue weighted by atomic mass is 10.0. The van der Waals surface area contributed by atoms with Crippen LogP contribution in [0.1, 0.15) is 34.8 Å². The Morgan fingerprint density at radius 2 is 2.16 bits per heavy atom. The SMILES string of the molecule is Cc1c(O)cccc1C(=O)NC(C)(C)c1nccs1. The van der Waals surface area contributed by atoms with Gasteiger partial charge in [-0.3, -0.25) is 4.79 Å². The highest BCUT2D eigenvalue weighted by molar-refractivity contribution is 7.09. The normalized spacial score (nSPS) is 11.3. The van der Waals surface area contributed by atoms with Crippen molar-refractivity contribution in [3.63, 3.8) is 0 Å². The van der Waals surface area contributed by atoms with Gasteiger partial charge in [-0.25, -0.2) is 4.98 Å². The fourth-order valence-electron chi connectivity index (χ4n) is 1.81. The van der Waals surface area contributed by atoms with Crippen LogP contribution in [0.5, 0.6) is 5.75 Å². The topological polar surface area (TPSA) is 62.2 Å². The van der Waals surface area contributed by atoms with Gasteiger partial charge in [-0.15, -0.1) is 11.3 Å². The molecule has 0 bridgehead atoms. The number of rotatable bonds is 3. The molecule has 0 saturated heterocycles. The second-order valence-corrected chi connectivity index (χ2v) is 5.76. The molecule has 4 nitrogen and oxygen atoms in total. The van der Waals surface area contributed by atoms with Crippen molar-refractivity contribution in [1.82, 2.24) is 10.3 Å². The highest BCUT2D eigenvalue weighted by Gasteiger charge is 2.26. The number of nitrogens with zero attached hydrogens (tertiary/aromatic N) is 1. The maximum absolute atomic E-state index is 12.3. The van der Waals surface area contributed by atoms with Gasteiger partial charge in [0.15, 0.2) is 0 Å². The minimum atomic E-state index is -0.539. The van der Waals surface area contributed by atoms with Crippen molar-refractivity contribution < 1.29 is 9.90 Å². The molecule has 0 aliphatic carbocycles. The van der Waals surface area contributed by atoms with Gasteiger partial charge in [0.25, 0.3) is 5.91 Å². The average Bonchev–Trinajstić information content (AvgIpc) is 2.86. The van der Waals surface area contributed by atoms with E-state index in [2.05, 4.69) is 10.3 Å². The third-order valence-electron chi connectivity index (χ3n) is 2.94. The van der Waals surface area contributed by atoms with Crippen LogP contribution >= 0.6 is 11.3 Å². The molecule has 0 unspecified atom stereocenters. The Labute approximate surface area is 116 Å². The van der Waals surface area contributed by atoms with Crippen LogP contribution in [-0.2, 0) is 5.54 Å². The van der Waals surface area contributed by atoms with Crippen molar-refractivity contribution in [3.8, 4) is 5.75 Å². The van der Waals surface area contributed by atoms with Gasteiger partial charge in [0.05, 0.1) is 5.54 Å². The molecule has 0 saturated carbocycles. The van der Waals surface area contributed by atoms with E-state index in [0.29, 0.717) is 11.1 Å². The molecular formula is C14H16N2O2S. The van der Waals surface area contributed by atoms with E-state index in [4.69, 9.17) is 0 Å². The summed E-state index contributed by atoms with van der Waals surface area (Å²) in [6.45, 7) is 5.53. The predicted molar refractivity (Wildman–Crippen MR) is 75.5 cm³/mol. The van der Waals surface area contributed by atoms with E-state index < -0.39 is 5.54 Å². The van der Waals surface area contributed by atoms with Crippen molar-refractivity contribution in [2.45, 2.75) is 26.3 Å². The molecule has 2 rings (SSSR count). The maximum Gasteiger partial charge on any atom is 0.252 e. The Morgan fingerprint density at radius 1 is 1.42 bits per heavy atom. The molecule has 1 amide bonds. The Balaban J connectivity index is 2.24. The lowest BCUT2D eigenvalue weighted by molar-refractivity contribution is 0.0911. The molecule has 0 aliphatic heterocycles. The fraction of sp³-hybridized carbons (Fsp3) is 0.286. The van der Waals surface area contributed by atoms with Gasteiger partial charge in [-0.2, -0.15) is 0 Å². The van der Waals surface area contributed by atoms with Gasteiger partial charge in [0, 0.05) is 22.7 Å². The number of amides is 1. The Hall–Kier alpha value is -1.88. The van der Waals surface area contributed by atoms with Crippen LogP contribution in [0, 0.1) is 6.92 Å². The van der Waals surface area contributed by atoms with E-state index in [0.717, 1.165) is 5.01 Å². The first kappa shape index (κ1) is 13.5. The summed E-state index contributed by atoms with van der Waals surface area (Å²) in [6, 6.07) is 4.92. The molecule has 19 heavy (non-hydrogen) atoms. The molecule has 1 aromatic heterocycles. The maximum atomic E-state index is 12.3. The molecule has 1 heterocycles. The first-order valence-electron chi connectivity index (χ1n) is 5.93. The molecule has 1 aromatic carbocycles. The standard InChI is InChI=1S/C14H16N2O2S/c1-9-10(5-4-6-11(9)17)12(18)16-14(2,3)13-15-7-8-19-13/h4-8,17H,1-3H3,(H,16,18). The number of aromatic hydroxyl groups is 1. The molecule has 2 aromatic rings. The lowest BCUT2D eigenvalue weighted by Crippen LogP contribution is -2.41. The smallest absolute Gasteiger partial charge is 0.252 e. The highest BCUT2D eigenvalue weighted by atomic mass is 32.1. The lowest BCUT2D eigenvalue weighted by Gasteiger charge is -2.24. The largest absolute Gasteiger partial charge is 0.508 e. The van der Waals surface area contributed by atoms with E-state index in [1.54, 1.807) is 31.3 Å². The molecule has 2 N–H and O–H groups in total. The van der Waals surface area contributed by atoms with Crippen LogP contribution < -0.4 is 5.32 Å². The average molecular weight is 276 g/mol. The molecule has 0 spiro atoms. The second-order valence-electron chi connectivity index (χ2n) is 4.87. The van der Waals surface area contributed by atoms with Gasteiger partial charge in [-0.1, -0.05) is 6.07 Å². The summed E-state index contributed by atoms with van der Waals surface area (Å²) < 4.78 is 0. The van der Waals surface area contributed by atoms with E-state index in [-0.39, 0.29) is 11.7 Å². The number of hydrogen-bond donors (Lipinski definition) is 2. The summed E-state index contributed by atoms with van der Waals surface area (Å²) in [5.41, 5.74) is 0.517.